The van der Waals surface area contributed by atoms with Crippen molar-refractivity contribution in [1.29, 1.82) is 0 Å². The van der Waals surface area contributed by atoms with Gasteiger partial charge in [0.2, 0.25) is 0 Å². The van der Waals surface area contributed by atoms with Gasteiger partial charge in [0.15, 0.2) is 0 Å². The van der Waals surface area contributed by atoms with Crippen LogP contribution in [0.3, 0.4) is 0 Å². The zero-order valence-electron chi connectivity index (χ0n) is 12.2. The van der Waals surface area contributed by atoms with Crippen molar-refractivity contribution in [3.8, 4) is 0 Å². The van der Waals surface area contributed by atoms with Crippen molar-refractivity contribution in [3.05, 3.63) is 28.2 Å². The molecule has 1 aromatic carbocycles. The van der Waals surface area contributed by atoms with Gasteiger partial charge in [0, 0.05) is 47.5 Å². The van der Waals surface area contributed by atoms with Crippen LogP contribution in [-0.2, 0) is 11.3 Å². The van der Waals surface area contributed by atoms with E-state index >= 15 is 0 Å². The zero-order chi connectivity index (χ0) is 14.1. The fourth-order valence-electron chi connectivity index (χ4n) is 3.28. The van der Waals surface area contributed by atoms with Crippen LogP contribution in [0.4, 0.5) is 5.69 Å². The van der Waals surface area contributed by atoms with Gasteiger partial charge in [-0.15, -0.1) is 0 Å². The van der Waals surface area contributed by atoms with Gasteiger partial charge in [-0.3, -0.25) is 4.90 Å². The second-order valence-corrected chi connectivity index (χ2v) is 6.91. The summed E-state index contributed by atoms with van der Waals surface area (Å²) < 4.78 is 6.44. The summed E-state index contributed by atoms with van der Waals surface area (Å²) in [4.78, 5) is 2.67. The van der Waals surface area contributed by atoms with Crippen LogP contribution in [-0.4, -0.2) is 36.7 Å². The molecule has 2 aliphatic rings. The molecule has 0 aromatic heterocycles. The molecule has 0 bridgehead atoms. The number of likely N-dealkylation sites (tertiary alicyclic amines) is 1. The number of nitrogens with zero attached hydrogens (tertiary/aromatic N) is 1. The Bertz CT molecular complexity index is 476. The summed E-state index contributed by atoms with van der Waals surface area (Å²) in [5, 5.41) is 3.73. The molecule has 2 unspecified atom stereocenters. The van der Waals surface area contributed by atoms with Gasteiger partial charge in [-0.05, 0) is 38.3 Å². The summed E-state index contributed by atoms with van der Waals surface area (Å²) in [6, 6.07) is 8.44. The van der Waals surface area contributed by atoms with Crippen LogP contribution < -0.4 is 5.32 Å². The predicted octanol–water partition coefficient (Wildman–Crippen LogP) is 3.63. The number of rotatable bonds is 5. The molecule has 4 heteroatoms. The lowest BCUT2D eigenvalue weighted by molar-refractivity contribution is 0.185. The van der Waals surface area contributed by atoms with Crippen LogP contribution in [0.2, 0.25) is 0 Å². The van der Waals surface area contributed by atoms with E-state index in [1.54, 1.807) is 7.11 Å². The maximum absolute atomic E-state index is 5.32. The van der Waals surface area contributed by atoms with Crippen molar-refractivity contribution < 1.29 is 4.74 Å². The smallest absolute Gasteiger partial charge is 0.0744 e. The van der Waals surface area contributed by atoms with Crippen LogP contribution in [0.25, 0.3) is 0 Å². The average molecular weight is 339 g/mol. The van der Waals surface area contributed by atoms with Crippen LogP contribution in [0.1, 0.15) is 31.7 Å². The van der Waals surface area contributed by atoms with Crippen molar-refractivity contribution in [1.82, 2.24) is 4.90 Å². The Hall–Kier alpha value is -0.580. The van der Waals surface area contributed by atoms with E-state index in [9.17, 15) is 0 Å². The van der Waals surface area contributed by atoms with Gasteiger partial charge < -0.3 is 10.1 Å². The van der Waals surface area contributed by atoms with Crippen molar-refractivity contribution in [3.63, 3.8) is 0 Å². The number of anilines is 1. The van der Waals surface area contributed by atoms with Crippen LogP contribution in [0.5, 0.6) is 0 Å². The van der Waals surface area contributed by atoms with E-state index in [0.717, 1.165) is 10.5 Å². The largest absolute Gasteiger partial charge is 0.381 e. The molecule has 20 heavy (non-hydrogen) atoms. The SMILES string of the molecule is COCc1c(Br)cccc1NC1CC(C)N(C2CC2)C1. The van der Waals surface area contributed by atoms with E-state index in [2.05, 4.69) is 51.3 Å². The number of nitrogens with one attached hydrogen (secondary N) is 1. The lowest BCUT2D eigenvalue weighted by Gasteiger charge is -2.20. The van der Waals surface area contributed by atoms with Gasteiger partial charge in [0.05, 0.1) is 6.61 Å². The quantitative estimate of drug-likeness (QED) is 0.887. The molecule has 0 spiro atoms. The molecule has 3 rings (SSSR count). The third-order valence-corrected chi connectivity index (χ3v) is 5.15. The van der Waals surface area contributed by atoms with E-state index in [0.29, 0.717) is 18.7 Å². The maximum atomic E-state index is 5.32. The predicted molar refractivity (Wildman–Crippen MR) is 86.1 cm³/mol. The first-order chi connectivity index (χ1) is 9.69. The van der Waals surface area contributed by atoms with Gasteiger partial charge in [0.1, 0.15) is 0 Å². The monoisotopic (exact) mass is 338 g/mol. The highest BCUT2D eigenvalue weighted by molar-refractivity contribution is 9.10. The Morgan fingerprint density at radius 1 is 1.40 bits per heavy atom. The van der Waals surface area contributed by atoms with Crippen LogP contribution in [0, 0.1) is 0 Å². The summed E-state index contributed by atoms with van der Waals surface area (Å²) in [5.74, 6) is 0. The first kappa shape index (κ1) is 14.4. The Morgan fingerprint density at radius 2 is 2.20 bits per heavy atom. The molecule has 1 saturated carbocycles. The summed E-state index contributed by atoms with van der Waals surface area (Å²) in [5.41, 5.74) is 2.42. The number of hydrogen-bond acceptors (Lipinski definition) is 3. The van der Waals surface area contributed by atoms with Crippen molar-refractivity contribution >= 4 is 21.6 Å². The summed E-state index contributed by atoms with van der Waals surface area (Å²) in [7, 11) is 1.75. The summed E-state index contributed by atoms with van der Waals surface area (Å²) in [6.07, 6.45) is 4.02. The molecule has 110 valence electrons. The number of methoxy groups -OCH3 is 1. The molecule has 0 radical (unpaired) electrons. The lowest BCUT2D eigenvalue weighted by Crippen LogP contribution is -2.31. The molecule has 1 aromatic rings. The lowest BCUT2D eigenvalue weighted by atomic mass is 10.1. The molecule has 1 saturated heterocycles. The second kappa shape index (κ2) is 6.04. The molecule has 1 N–H and O–H groups in total. The number of ether oxygens (including phenoxy) is 1. The normalized spacial score (nSPS) is 26.9. The Balaban J connectivity index is 1.70. The van der Waals surface area contributed by atoms with Gasteiger partial charge in [0.25, 0.3) is 0 Å². The van der Waals surface area contributed by atoms with Gasteiger partial charge in [-0.1, -0.05) is 22.0 Å². The van der Waals surface area contributed by atoms with E-state index in [1.807, 2.05) is 0 Å². The van der Waals surface area contributed by atoms with Crippen molar-refractivity contribution in [2.24, 2.45) is 0 Å². The zero-order valence-corrected chi connectivity index (χ0v) is 13.8. The molecule has 1 aliphatic heterocycles. The van der Waals surface area contributed by atoms with Gasteiger partial charge in [-0.2, -0.15) is 0 Å². The number of hydrogen-bond donors (Lipinski definition) is 1. The molecule has 1 heterocycles. The Morgan fingerprint density at radius 3 is 2.90 bits per heavy atom. The number of benzene rings is 1. The standard InChI is InChI=1S/C16H23BrN2O/c1-11-8-12(9-19(11)13-6-7-13)18-16-5-3-4-15(17)14(16)10-20-2/h3-5,11-13,18H,6-10H2,1-2H3. The Kier molecular flexibility index (Phi) is 4.34. The fraction of sp³-hybridized carbons (Fsp3) is 0.625. The number of halogens is 1. The van der Waals surface area contributed by atoms with E-state index in [4.69, 9.17) is 4.74 Å². The van der Waals surface area contributed by atoms with Crippen molar-refractivity contribution in [2.75, 3.05) is 19.0 Å². The van der Waals surface area contributed by atoms with Crippen LogP contribution >= 0.6 is 15.9 Å². The second-order valence-electron chi connectivity index (χ2n) is 6.05. The molecule has 0 amide bonds. The van der Waals surface area contributed by atoms with Crippen molar-refractivity contribution in [2.45, 2.75) is 50.9 Å². The van der Waals surface area contributed by atoms with E-state index in [1.165, 1.54) is 37.1 Å². The van der Waals surface area contributed by atoms with Gasteiger partial charge >= 0.3 is 0 Å². The minimum atomic E-state index is 0.551. The third kappa shape index (κ3) is 3.02. The van der Waals surface area contributed by atoms with Gasteiger partial charge in [-0.25, -0.2) is 0 Å². The topological polar surface area (TPSA) is 24.5 Å². The molecule has 1 aliphatic carbocycles. The third-order valence-electron chi connectivity index (χ3n) is 4.41. The minimum Gasteiger partial charge on any atom is -0.381 e. The fourth-order valence-corrected chi connectivity index (χ4v) is 3.76. The highest BCUT2D eigenvalue weighted by atomic mass is 79.9. The minimum absolute atomic E-state index is 0.551. The first-order valence-corrected chi connectivity index (χ1v) is 8.27. The van der Waals surface area contributed by atoms with E-state index < -0.39 is 0 Å². The average Bonchev–Trinajstić information content (AvgIpc) is 3.19. The van der Waals surface area contributed by atoms with E-state index in [-0.39, 0.29) is 0 Å². The maximum Gasteiger partial charge on any atom is 0.0744 e. The van der Waals surface area contributed by atoms with Crippen LogP contribution in [0.15, 0.2) is 22.7 Å². The molecule has 2 fully saturated rings. The first-order valence-electron chi connectivity index (χ1n) is 7.47. The molecule has 2 atom stereocenters. The highest BCUT2D eigenvalue weighted by Gasteiger charge is 2.38. The highest BCUT2D eigenvalue weighted by Crippen LogP contribution is 2.35. The summed E-state index contributed by atoms with van der Waals surface area (Å²) in [6.45, 7) is 4.17. The molecular formula is C16H23BrN2O. The molecular weight excluding hydrogens is 316 g/mol. The summed E-state index contributed by atoms with van der Waals surface area (Å²) >= 11 is 3.62. The molecule has 3 nitrogen and oxygen atoms in total. The Labute approximate surface area is 129 Å².